The number of terminal acetylenes is 1. The summed E-state index contributed by atoms with van der Waals surface area (Å²) in [5, 5.41) is 12.3. The van der Waals surface area contributed by atoms with E-state index in [0.717, 1.165) is 16.3 Å². The van der Waals surface area contributed by atoms with Gasteiger partial charge in [0, 0.05) is 5.39 Å². The Kier molecular flexibility index (Phi) is 3.00. The molecule has 1 N–H and O–H groups in total. The van der Waals surface area contributed by atoms with Gasteiger partial charge in [0.2, 0.25) is 0 Å². The van der Waals surface area contributed by atoms with E-state index in [-0.39, 0.29) is 11.2 Å². The molecule has 0 heterocycles. The van der Waals surface area contributed by atoms with Crippen molar-refractivity contribution in [2.75, 3.05) is 0 Å². The van der Waals surface area contributed by atoms with E-state index in [1.807, 2.05) is 6.07 Å². The van der Waals surface area contributed by atoms with Gasteiger partial charge >= 0.3 is 0 Å². The fraction of sp³-hybridized carbons (Fsp3) is 0.250. The highest BCUT2D eigenvalue weighted by Crippen LogP contribution is 2.37. The average Bonchev–Trinajstić information content (AvgIpc) is 2.27. The van der Waals surface area contributed by atoms with Crippen LogP contribution in [0.4, 0.5) is 0 Å². The minimum absolute atomic E-state index is 0.118. The molecule has 0 saturated heterocycles. The highest BCUT2D eigenvalue weighted by molar-refractivity contribution is 6.33. The number of hydrogen-bond acceptors (Lipinski definition) is 1. The first-order chi connectivity index (χ1) is 8.34. The Morgan fingerprint density at radius 1 is 1.22 bits per heavy atom. The van der Waals surface area contributed by atoms with Crippen molar-refractivity contribution in [1.82, 2.24) is 0 Å². The number of phenolic OH excluding ortho intramolecular Hbond substituents is 1. The lowest BCUT2D eigenvalue weighted by molar-refractivity contribution is 0.472. The molecule has 2 heteroatoms. The highest BCUT2D eigenvalue weighted by Gasteiger charge is 2.20. The van der Waals surface area contributed by atoms with Crippen molar-refractivity contribution in [3.05, 3.63) is 40.4 Å². The molecule has 2 rings (SSSR count). The van der Waals surface area contributed by atoms with Crippen LogP contribution < -0.4 is 0 Å². The first kappa shape index (κ1) is 12.8. The van der Waals surface area contributed by atoms with E-state index in [4.69, 9.17) is 18.0 Å². The predicted molar refractivity (Wildman–Crippen MR) is 77.3 cm³/mol. The molecule has 2 aromatic rings. The van der Waals surface area contributed by atoms with E-state index >= 15 is 0 Å². The Balaban J connectivity index is 3.02. The predicted octanol–water partition coefficient (Wildman–Crippen LogP) is 4.48. The summed E-state index contributed by atoms with van der Waals surface area (Å²) in [6, 6.07) is 7.12. The zero-order valence-electron chi connectivity index (χ0n) is 10.7. The Morgan fingerprint density at radius 3 is 2.44 bits per heavy atom. The summed E-state index contributed by atoms with van der Waals surface area (Å²) in [4.78, 5) is 0. The van der Waals surface area contributed by atoms with Crippen molar-refractivity contribution >= 4 is 22.4 Å². The van der Waals surface area contributed by atoms with Gasteiger partial charge in [0.25, 0.3) is 0 Å². The van der Waals surface area contributed by atoms with Gasteiger partial charge in [-0.25, -0.2) is 0 Å². The van der Waals surface area contributed by atoms with Crippen LogP contribution in [-0.2, 0) is 5.41 Å². The molecule has 2 aromatic carbocycles. The van der Waals surface area contributed by atoms with Crippen LogP contribution in [0.3, 0.4) is 0 Å². The molecule has 0 aromatic heterocycles. The molecule has 0 aliphatic carbocycles. The maximum atomic E-state index is 9.82. The first-order valence-corrected chi connectivity index (χ1v) is 6.14. The zero-order valence-corrected chi connectivity index (χ0v) is 11.5. The smallest absolute Gasteiger partial charge is 0.116 e. The van der Waals surface area contributed by atoms with Crippen LogP contribution in [0, 0.1) is 12.3 Å². The monoisotopic (exact) mass is 258 g/mol. The summed E-state index contributed by atoms with van der Waals surface area (Å²) in [6.45, 7) is 6.26. The number of aromatic hydroxyl groups is 1. The van der Waals surface area contributed by atoms with Crippen molar-refractivity contribution in [3.63, 3.8) is 0 Å². The SMILES string of the molecule is C#Cc1c(Cl)ccc2cc(O)cc(C(C)(C)C)c12. The Bertz CT molecular complexity index is 657. The van der Waals surface area contributed by atoms with E-state index in [9.17, 15) is 5.11 Å². The lowest BCUT2D eigenvalue weighted by Crippen LogP contribution is -2.12. The number of hydrogen-bond donors (Lipinski definition) is 1. The molecule has 0 aliphatic heterocycles. The van der Waals surface area contributed by atoms with E-state index in [1.54, 1.807) is 18.2 Å². The quantitative estimate of drug-likeness (QED) is 0.691. The van der Waals surface area contributed by atoms with Crippen LogP contribution >= 0.6 is 11.6 Å². The van der Waals surface area contributed by atoms with Crippen molar-refractivity contribution in [2.24, 2.45) is 0 Å². The molecule has 18 heavy (non-hydrogen) atoms. The second-order valence-electron chi connectivity index (χ2n) is 5.41. The third kappa shape index (κ3) is 2.05. The molecular weight excluding hydrogens is 244 g/mol. The summed E-state index contributed by atoms with van der Waals surface area (Å²) < 4.78 is 0. The molecular formula is C16H15ClO. The molecule has 0 radical (unpaired) electrons. The molecule has 1 nitrogen and oxygen atoms in total. The second-order valence-corrected chi connectivity index (χ2v) is 5.82. The van der Waals surface area contributed by atoms with E-state index in [2.05, 4.69) is 26.7 Å². The normalized spacial score (nSPS) is 11.5. The summed E-state index contributed by atoms with van der Waals surface area (Å²) in [5.41, 5.74) is 1.58. The summed E-state index contributed by atoms with van der Waals surface area (Å²) in [5.74, 6) is 2.90. The third-order valence-electron chi connectivity index (χ3n) is 3.00. The lowest BCUT2D eigenvalue weighted by Gasteiger charge is -2.23. The minimum Gasteiger partial charge on any atom is -0.508 e. The third-order valence-corrected chi connectivity index (χ3v) is 3.32. The first-order valence-electron chi connectivity index (χ1n) is 5.77. The van der Waals surface area contributed by atoms with E-state index < -0.39 is 0 Å². The molecule has 0 bridgehead atoms. The molecule has 0 atom stereocenters. The van der Waals surface area contributed by atoms with Crippen LogP contribution in [0.2, 0.25) is 5.02 Å². The number of halogens is 1. The Morgan fingerprint density at radius 2 is 1.89 bits per heavy atom. The zero-order chi connectivity index (χ0) is 13.5. The van der Waals surface area contributed by atoms with Crippen LogP contribution in [0.25, 0.3) is 10.8 Å². The second kappa shape index (κ2) is 4.23. The van der Waals surface area contributed by atoms with Gasteiger partial charge in [-0.3, -0.25) is 0 Å². The van der Waals surface area contributed by atoms with Gasteiger partial charge in [-0.15, -0.1) is 6.42 Å². The van der Waals surface area contributed by atoms with Gasteiger partial charge in [-0.1, -0.05) is 44.4 Å². The number of fused-ring (bicyclic) bond motifs is 1. The standard InChI is InChI=1S/C16H15ClO/c1-5-12-14(17)7-6-10-8-11(18)9-13(15(10)12)16(2,3)4/h1,6-9,18H,2-4H3. The Labute approximate surface area is 112 Å². The molecule has 0 spiro atoms. The van der Waals surface area contributed by atoms with Crippen molar-refractivity contribution < 1.29 is 5.11 Å². The number of benzene rings is 2. The molecule has 0 aliphatic rings. The topological polar surface area (TPSA) is 20.2 Å². The van der Waals surface area contributed by atoms with Crippen LogP contribution in [0.15, 0.2) is 24.3 Å². The fourth-order valence-electron chi connectivity index (χ4n) is 2.16. The summed E-state index contributed by atoms with van der Waals surface area (Å²) in [7, 11) is 0. The van der Waals surface area contributed by atoms with Gasteiger partial charge < -0.3 is 5.11 Å². The largest absolute Gasteiger partial charge is 0.508 e. The van der Waals surface area contributed by atoms with Crippen LogP contribution in [-0.4, -0.2) is 5.11 Å². The Hall–Kier alpha value is -1.65. The summed E-state index contributed by atoms with van der Waals surface area (Å²) >= 11 is 6.16. The van der Waals surface area contributed by atoms with Crippen molar-refractivity contribution in [3.8, 4) is 18.1 Å². The molecule has 92 valence electrons. The van der Waals surface area contributed by atoms with Gasteiger partial charge in [0.05, 0.1) is 10.6 Å². The van der Waals surface area contributed by atoms with Crippen molar-refractivity contribution in [1.29, 1.82) is 0 Å². The maximum absolute atomic E-state index is 9.82. The molecule has 0 amide bonds. The fourth-order valence-corrected chi connectivity index (χ4v) is 2.37. The lowest BCUT2D eigenvalue weighted by atomic mass is 9.82. The molecule has 0 fully saturated rings. The summed E-state index contributed by atoms with van der Waals surface area (Å²) in [6.07, 6.45) is 5.57. The number of phenols is 1. The molecule has 0 saturated carbocycles. The average molecular weight is 259 g/mol. The maximum Gasteiger partial charge on any atom is 0.116 e. The highest BCUT2D eigenvalue weighted by atomic mass is 35.5. The van der Waals surface area contributed by atoms with Gasteiger partial charge in [0.1, 0.15) is 5.75 Å². The minimum atomic E-state index is -0.118. The molecule has 0 unspecified atom stereocenters. The van der Waals surface area contributed by atoms with Gasteiger partial charge in [-0.2, -0.15) is 0 Å². The van der Waals surface area contributed by atoms with E-state index in [0.29, 0.717) is 10.6 Å². The number of rotatable bonds is 0. The van der Waals surface area contributed by atoms with Gasteiger partial charge in [0.15, 0.2) is 0 Å². The van der Waals surface area contributed by atoms with Crippen LogP contribution in [0.1, 0.15) is 31.9 Å². The van der Waals surface area contributed by atoms with Gasteiger partial charge in [-0.05, 0) is 34.6 Å². The van der Waals surface area contributed by atoms with Crippen LogP contribution in [0.5, 0.6) is 5.75 Å². The van der Waals surface area contributed by atoms with Crippen molar-refractivity contribution in [2.45, 2.75) is 26.2 Å². The van der Waals surface area contributed by atoms with E-state index in [1.165, 1.54) is 0 Å².